The molecule has 2 aromatic heterocycles. The number of aromatic nitrogens is 3. The minimum Gasteiger partial charge on any atom is -0.370 e. The normalized spacial score (nSPS) is 15.7. The molecule has 0 bridgehead atoms. The summed E-state index contributed by atoms with van der Waals surface area (Å²) in [6.07, 6.45) is 4.61. The van der Waals surface area contributed by atoms with Gasteiger partial charge in [-0.25, -0.2) is 4.98 Å². The van der Waals surface area contributed by atoms with Crippen LogP contribution in [-0.4, -0.2) is 52.7 Å². The highest BCUT2D eigenvalue weighted by Gasteiger charge is 2.38. The first-order valence-electron chi connectivity index (χ1n) is 9.61. The molecule has 156 valence electrons. The molecule has 2 amide bonds. The molecule has 0 aliphatic carbocycles. The Kier molecular flexibility index (Phi) is 5.51. The first kappa shape index (κ1) is 20.0. The zero-order valence-electron chi connectivity index (χ0n) is 16.5. The van der Waals surface area contributed by atoms with Crippen LogP contribution in [0.25, 0.3) is 10.6 Å². The predicted octanol–water partition coefficient (Wildman–Crippen LogP) is 1.83. The molecule has 4 rings (SSSR count). The van der Waals surface area contributed by atoms with E-state index in [1.165, 1.54) is 11.3 Å². The number of nitrogens with two attached hydrogens (primary N) is 1. The number of carbonyl (C=O) groups excluding carboxylic acids is 2. The second-order valence-corrected chi connectivity index (χ2v) is 8.04. The van der Waals surface area contributed by atoms with Gasteiger partial charge in [-0.3, -0.25) is 14.7 Å². The molecule has 0 radical (unpaired) electrons. The first-order valence-corrected chi connectivity index (χ1v) is 10.5. The van der Waals surface area contributed by atoms with Crippen molar-refractivity contribution >= 4 is 34.5 Å². The van der Waals surface area contributed by atoms with Crippen molar-refractivity contribution in [2.24, 2.45) is 5.73 Å². The predicted molar refractivity (Wildman–Crippen MR) is 117 cm³/mol. The number of hydrogen-bond acceptors (Lipinski definition) is 7. The molecule has 9 nitrogen and oxygen atoms in total. The lowest BCUT2D eigenvalue weighted by molar-refractivity contribution is -0.125. The molecule has 0 atom stereocenters. The maximum absolute atomic E-state index is 12.8. The van der Waals surface area contributed by atoms with Gasteiger partial charge >= 0.3 is 0 Å². The molecule has 3 heterocycles. The fourth-order valence-electron chi connectivity index (χ4n) is 3.67. The third kappa shape index (κ3) is 3.79. The number of anilines is 2. The number of hydrogen-bond donors (Lipinski definition) is 4. The van der Waals surface area contributed by atoms with Crippen LogP contribution >= 0.6 is 11.3 Å². The zero-order valence-corrected chi connectivity index (χ0v) is 17.3. The van der Waals surface area contributed by atoms with Crippen molar-refractivity contribution in [2.75, 3.05) is 30.4 Å². The lowest BCUT2D eigenvalue weighted by atomic mass is 9.86. The third-order valence-corrected chi connectivity index (χ3v) is 6.43. The number of para-hydroxylation sites is 2. The molecule has 1 aromatic carbocycles. The van der Waals surface area contributed by atoms with Crippen molar-refractivity contribution in [1.29, 1.82) is 0 Å². The summed E-state index contributed by atoms with van der Waals surface area (Å²) in [7, 11) is 1.76. The lowest BCUT2D eigenvalue weighted by Gasteiger charge is -2.41. The number of piperidine rings is 1. The van der Waals surface area contributed by atoms with E-state index in [0.717, 1.165) is 16.3 Å². The quantitative estimate of drug-likeness (QED) is 0.477. The molecule has 10 heteroatoms. The minimum atomic E-state index is -0.682. The van der Waals surface area contributed by atoms with Gasteiger partial charge in [0.1, 0.15) is 16.2 Å². The van der Waals surface area contributed by atoms with Gasteiger partial charge in [0.25, 0.3) is 5.91 Å². The highest BCUT2D eigenvalue weighted by atomic mass is 32.1. The minimum absolute atomic E-state index is 0.271. The molecular formula is C20H23N7O2S. The van der Waals surface area contributed by atoms with E-state index in [-0.39, 0.29) is 11.8 Å². The van der Waals surface area contributed by atoms with Gasteiger partial charge in [-0.1, -0.05) is 12.1 Å². The van der Waals surface area contributed by atoms with Crippen molar-refractivity contribution in [3.63, 3.8) is 0 Å². The van der Waals surface area contributed by atoms with E-state index in [9.17, 15) is 9.59 Å². The summed E-state index contributed by atoms with van der Waals surface area (Å²) in [4.78, 5) is 31.2. The topological polar surface area (TPSA) is 129 Å². The standard InChI is InChI=1S/C20H23N7O2S/c1-22-20(19(21)29)6-8-27(9-7-20)16-5-3-2-4-14(16)25-17(28)15-12-30-18(26-15)13-10-23-24-11-13/h2-5,10-12,22H,6-9H2,1H3,(H2,21,29)(H,23,24)(H,25,28). The Labute approximate surface area is 177 Å². The summed E-state index contributed by atoms with van der Waals surface area (Å²) in [5, 5.41) is 15.2. The second-order valence-electron chi connectivity index (χ2n) is 7.18. The van der Waals surface area contributed by atoms with E-state index >= 15 is 0 Å². The molecular weight excluding hydrogens is 402 g/mol. The molecule has 3 aromatic rings. The van der Waals surface area contributed by atoms with Crippen LogP contribution in [0.4, 0.5) is 11.4 Å². The maximum Gasteiger partial charge on any atom is 0.275 e. The number of thiazole rings is 1. The number of H-pyrrole nitrogens is 1. The Hall–Kier alpha value is -3.24. The maximum atomic E-state index is 12.8. The average molecular weight is 426 g/mol. The molecule has 0 unspecified atom stereocenters. The Morgan fingerprint density at radius 2 is 2.03 bits per heavy atom. The van der Waals surface area contributed by atoms with E-state index in [0.29, 0.717) is 37.3 Å². The summed E-state index contributed by atoms with van der Waals surface area (Å²) < 4.78 is 0. The van der Waals surface area contributed by atoms with Crippen molar-refractivity contribution in [3.8, 4) is 10.6 Å². The van der Waals surface area contributed by atoms with Gasteiger partial charge in [-0.15, -0.1) is 11.3 Å². The summed E-state index contributed by atoms with van der Waals surface area (Å²) in [6.45, 7) is 1.30. The van der Waals surface area contributed by atoms with Crippen molar-refractivity contribution in [3.05, 3.63) is 47.7 Å². The largest absolute Gasteiger partial charge is 0.370 e. The van der Waals surface area contributed by atoms with Crippen molar-refractivity contribution in [2.45, 2.75) is 18.4 Å². The van der Waals surface area contributed by atoms with Crippen LogP contribution in [0.5, 0.6) is 0 Å². The first-order chi connectivity index (χ1) is 14.5. The Morgan fingerprint density at radius 3 is 2.70 bits per heavy atom. The molecule has 1 fully saturated rings. The van der Waals surface area contributed by atoms with E-state index in [2.05, 4.69) is 30.7 Å². The van der Waals surface area contributed by atoms with E-state index < -0.39 is 5.54 Å². The zero-order chi connectivity index (χ0) is 21.1. The van der Waals surface area contributed by atoms with Gasteiger partial charge in [-0.05, 0) is 32.0 Å². The molecule has 1 aliphatic rings. The lowest BCUT2D eigenvalue weighted by Crippen LogP contribution is -2.59. The SMILES string of the molecule is CNC1(C(N)=O)CCN(c2ccccc2NC(=O)c2csc(-c3cn[nH]c3)n2)CC1. The monoisotopic (exact) mass is 425 g/mol. The van der Waals surface area contributed by atoms with Gasteiger partial charge in [0.15, 0.2) is 0 Å². The summed E-state index contributed by atoms with van der Waals surface area (Å²) in [5.41, 5.74) is 7.73. The van der Waals surface area contributed by atoms with Crippen LogP contribution < -0.4 is 21.3 Å². The molecule has 1 saturated heterocycles. The third-order valence-electron chi connectivity index (χ3n) is 5.54. The number of likely N-dealkylation sites (N-methyl/N-ethyl adjacent to an activating group) is 1. The van der Waals surface area contributed by atoms with E-state index in [1.807, 2.05) is 24.3 Å². The molecule has 1 aliphatic heterocycles. The van der Waals surface area contributed by atoms with Gasteiger partial charge in [0.2, 0.25) is 5.91 Å². The number of benzene rings is 1. The fraction of sp³-hybridized carbons (Fsp3) is 0.300. The number of amides is 2. The number of primary amides is 1. The molecule has 5 N–H and O–H groups in total. The Balaban J connectivity index is 1.49. The van der Waals surface area contributed by atoms with E-state index in [4.69, 9.17) is 5.73 Å². The van der Waals surface area contributed by atoms with Crippen LogP contribution in [0, 0.1) is 0 Å². The smallest absolute Gasteiger partial charge is 0.275 e. The van der Waals surface area contributed by atoms with Gasteiger partial charge in [0, 0.05) is 30.2 Å². The van der Waals surface area contributed by atoms with Crippen LogP contribution in [0.1, 0.15) is 23.3 Å². The van der Waals surface area contributed by atoms with Crippen LogP contribution in [0.2, 0.25) is 0 Å². The van der Waals surface area contributed by atoms with Gasteiger partial charge in [-0.2, -0.15) is 5.10 Å². The fourth-order valence-corrected chi connectivity index (χ4v) is 4.45. The van der Waals surface area contributed by atoms with E-state index in [1.54, 1.807) is 24.8 Å². The van der Waals surface area contributed by atoms with Crippen LogP contribution in [-0.2, 0) is 4.79 Å². The van der Waals surface area contributed by atoms with Crippen molar-refractivity contribution < 1.29 is 9.59 Å². The summed E-state index contributed by atoms with van der Waals surface area (Å²) in [5.74, 6) is -0.602. The van der Waals surface area contributed by atoms with Crippen molar-refractivity contribution in [1.82, 2.24) is 20.5 Å². The molecule has 30 heavy (non-hydrogen) atoms. The number of nitrogens with zero attached hydrogens (tertiary/aromatic N) is 3. The highest BCUT2D eigenvalue weighted by Crippen LogP contribution is 2.32. The summed E-state index contributed by atoms with van der Waals surface area (Å²) >= 11 is 1.39. The van der Waals surface area contributed by atoms with Gasteiger partial charge < -0.3 is 21.3 Å². The number of rotatable bonds is 6. The molecule has 0 spiro atoms. The number of carbonyl (C=O) groups is 2. The molecule has 0 saturated carbocycles. The average Bonchev–Trinajstić information content (AvgIpc) is 3.46. The Bertz CT molecular complexity index is 1040. The number of aromatic amines is 1. The Morgan fingerprint density at radius 1 is 1.27 bits per heavy atom. The summed E-state index contributed by atoms with van der Waals surface area (Å²) in [6, 6.07) is 7.63. The van der Waals surface area contributed by atoms with Crippen LogP contribution in [0.15, 0.2) is 42.0 Å². The number of nitrogens with one attached hydrogen (secondary N) is 3. The second kappa shape index (κ2) is 8.25. The van der Waals surface area contributed by atoms with Crippen LogP contribution in [0.3, 0.4) is 0 Å². The highest BCUT2D eigenvalue weighted by molar-refractivity contribution is 7.13. The van der Waals surface area contributed by atoms with Gasteiger partial charge in [0.05, 0.1) is 17.6 Å².